The fourth-order valence-electron chi connectivity index (χ4n) is 2.51. The normalized spacial score (nSPS) is 24.1. The Labute approximate surface area is 111 Å². The molecule has 3 nitrogen and oxygen atoms in total. The SMILES string of the molecule is CC(C)N1C(=O)CC(N)C1c1ccc(Cl)cc1F. The van der Waals surface area contributed by atoms with Crippen LogP contribution in [0, 0.1) is 5.82 Å². The molecule has 1 aromatic carbocycles. The summed E-state index contributed by atoms with van der Waals surface area (Å²) >= 11 is 5.74. The van der Waals surface area contributed by atoms with Gasteiger partial charge in [0, 0.05) is 29.1 Å². The molecule has 1 aromatic rings. The number of rotatable bonds is 2. The van der Waals surface area contributed by atoms with Crippen molar-refractivity contribution in [1.29, 1.82) is 0 Å². The first-order chi connectivity index (χ1) is 8.41. The van der Waals surface area contributed by atoms with Gasteiger partial charge < -0.3 is 10.6 Å². The summed E-state index contributed by atoms with van der Waals surface area (Å²) in [4.78, 5) is 13.5. The maximum atomic E-state index is 14.0. The molecular formula is C13H16ClFN2O. The number of nitrogens with zero attached hydrogens (tertiary/aromatic N) is 1. The highest BCUT2D eigenvalue weighted by molar-refractivity contribution is 6.30. The number of halogens is 2. The number of carbonyl (C=O) groups excluding carboxylic acids is 1. The van der Waals surface area contributed by atoms with Crippen molar-refractivity contribution in [2.24, 2.45) is 5.73 Å². The van der Waals surface area contributed by atoms with Gasteiger partial charge in [0.25, 0.3) is 0 Å². The summed E-state index contributed by atoms with van der Waals surface area (Å²) in [6, 6.07) is 3.69. The number of hydrogen-bond donors (Lipinski definition) is 1. The van der Waals surface area contributed by atoms with Gasteiger partial charge in [0.15, 0.2) is 0 Å². The largest absolute Gasteiger partial charge is 0.331 e. The lowest BCUT2D eigenvalue weighted by atomic mass is 9.99. The third kappa shape index (κ3) is 2.22. The van der Waals surface area contributed by atoms with Crippen molar-refractivity contribution in [3.8, 4) is 0 Å². The van der Waals surface area contributed by atoms with Crippen molar-refractivity contribution in [3.63, 3.8) is 0 Å². The molecule has 1 saturated heterocycles. The molecule has 0 spiro atoms. The number of amides is 1. The van der Waals surface area contributed by atoms with Crippen LogP contribution in [-0.2, 0) is 4.79 Å². The van der Waals surface area contributed by atoms with Crippen molar-refractivity contribution in [2.75, 3.05) is 0 Å². The predicted octanol–water partition coefficient (Wildman–Crippen LogP) is 2.49. The van der Waals surface area contributed by atoms with E-state index >= 15 is 0 Å². The zero-order valence-corrected chi connectivity index (χ0v) is 11.1. The molecule has 1 aliphatic rings. The van der Waals surface area contributed by atoms with Gasteiger partial charge in [-0.2, -0.15) is 0 Å². The predicted molar refractivity (Wildman–Crippen MR) is 68.7 cm³/mol. The van der Waals surface area contributed by atoms with Gasteiger partial charge in [0.2, 0.25) is 5.91 Å². The van der Waals surface area contributed by atoms with E-state index in [4.69, 9.17) is 17.3 Å². The maximum Gasteiger partial charge on any atom is 0.225 e. The molecule has 2 rings (SSSR count). The molecule has 0 radical (unpaired) electrons. The molecule has 98 valence electrons. The molecule has 18 heavy (non-hydrogen) atoms. The van der Waals surface area contributed by atoms with Gasteiger partial charge in [0.05, 0.1) is 6.04 Å². The zero-order chi connectivity index (χ0) is 13.4. The topological polar surface area (TPSA) is 46.3 Å². The molecule has 1 fully saturated rings. The van der Waals surface area contributed by atoms with Crippen molar-refractivity contribution >= 4 is 17.5 Å². The Kier molecular flexibility index (Phi) is 3.59. The van der Waals surface area contributed by atoms with Crippen LogP contribution >= 0.6 is 11.6 Å². The van der Waals surface area contributed by atoms with Crippen LogP contribution in [0.2, 0.25) is 5.02 Å². The summed E-state index contributed by atoms with van der Waals surface area (Å²) in [6.07, 6.45) is 0.255. The maximum absolute atomic E-state index is 14.0. The summed E-state index contributed by atoms with van der Waals surface area (Å²) in [5, 5.41) is 0.338. The Morgan fingerprint density at radius 2 is 2.17 bits per heavy atom. The number of nitrogens with two attached hydrogens (primary N) is 1. The minimum atomic E-state index is -0.414. The summed E-state index contributed by atoms with van der Waals surface area (Å²) in [5.41, 5.74) is 6.41. The lowest BCUT2D eigenvalue weighted by molar-refractivity contribution is -0.130. The highest BCUT2D eigenvalue weighted by Gasteiger charge is 2.41. The molecule has 2 unspecified atom stereocenters. The Bertz CT molecular complexity index is 478. The smallest absolute Gasteiger partial charge is 0.225 e. The van der Waals surface area contributed by atoms with Gasteiger partial charge in [-0.25, -0.2) is 4.39 Å². The van der Waals surface area contributed by atoms with Crippen molar-refractivity contribution in [3.05, 3.63) is 34.6 Å². The van der Waals surface area contributed by atoms with Crippen molar-refractivity contribution < 1.29 is 9.18 Å². The van der Waals surface area contributed by atoms with E-state index in [0.29, 0.717) is 10.6 Å². The molecule has 0 saturated carbocycles. The van der Waals surface area contributed by atoms with E-state index in [1.165, 1.54) is 6.07 Å². The Morgan fingerprint density at radius 1 is 1.50 bits per heavy atom. The van der Waals surface area contributed by atoms with Gasteiger partial charge >= 0.3 is 0 Å². The summed E-state index contributed by atoms with van der Waals surface area (Å²) in [6.45, 7) is 3.80. The summed E-state index contributed by atoms with van der Waals surface area (Å²) in [7, 11) is 0. The summed E-state index contributed by atoms with van der Waals surface area (Å²) in [5.74, 6) is -0.444. The molecule has 5 heteroatoms. The molecule has 1 amide bonds. The van der Waals surface area contributed by atoms with Crippen LogP contribution in [0.4, 0.5) is 4.39 Å². The molecule has 2 atom stereocenters. The van der Waals surface area contributed by atoms with Crippen LogP contribution < -0.4 is 5.73 Å². The fourth-order valence-corrected chi connectivity index (χ4v) is 2.67. The molecule has 2 N–H and O–H groups in total. The molecule has 0 aliphatic carbocycles. The van der Waals surface area contributed by atoms with Crippen LogP contribution in [-0.4, -0.2) is 22.9 Å². The monoisotopic (exact) mass is 270 g/mol. The van der Waals surface area contributed by atoms with E-state index in [1.54, 1.807) is 17.0 Å². The van der Waals surface area contributed by atoms with Crippen LogP contribution in [0.5, 0.6) is 0 Å². The lowest BCUT2D eigenvalue weighted by Crippen LogP contribution is -2.38. The van der Waals surface area contributed by atoms with Crippen molar-refractivity contribution in [2.45, 2.75) is 38.4 Å². The first-order valence-corrected chi connectivity index (χ1v) is 6.31. The van der Waals surface area contributed by atoms with Crippen LogP contribution in [0.1, 0.15) is 31.9 Å². The van der Waals surface area contributed by atoms with E-state index in [9.17, 15) is 9.18 Å². The van der Waals surface area contributed by atoms with Gasteiger partial charge in [-0.05, 0) is 26.0 Å². The van der Waals surface area contributed by atoms with Crippen LogP contribution in [0.15, 0.2) is 18.2 Å². The third-order valence-corrected chi connectivity index (χ3v) is 3.48. The first-order valence-electron chi connectivity index (χ1n) is 5.93. The van der Waals surface area contributed by atoms with Gasteiger partial charge in [0.1, 0.15) is 5.82 Å². The van der Waals surface area contributed by atoms with E-state index in [2.05, 4.69) is 0 Å². The lowest BCUT2D eigenvalue weighted by Gasteiger charge is -2.31. The van der Waals surface area contributed by atoms with E-state index < -0.39 is 11.9 Å². The summed E-state index contributed by atoms with van der Waals surface area (Å²) < 4.78 is 14.0. The highest BCUT2D eigenvalue weighted by atomic mass is 35.5. The molecular weight excluding hydrogens is 255 g/mol. The quantitative estimate of drug-likeness (QED) is 0.897. The second kappa shape index (κ2) is 4.86. The molecule has 1 heterocycles. The van der Waals surface area contributed by atoms with Crippen molar-refractivity contribution in [1.82, 2.24) is 4.90 Å². The fraction of sp³-hybridized carbons (Fsp3) is 0.462. The third-order valence-electron chi connectivity index (χ3n) is 3.24. The standard InChI is InChI=1S/C13H16ClFN2O/c1-7(2)17-12(18)6-11(16)13(17)9-4-3-8(14)5-10(9)15/h3-5,7,11,13H,6,16H2,1-2H3. The zero-order valence-electron chi connectivity index (χ0n) is 10.4. The van der Waals surface area contributed by atoms with Gasteiger partial charge in [-0.1, -0.05) is 17.7 Å². The molecule has 1 aliphatic heterocycles. The number of hydrogen-bond acceptors (Lipinski definition) is 2. The first kappa shape index (κ1) is 13.3. The van der Waals surface area contributed by atoms with E-state index in [-0.39, 0.29) is 24.4 Å². The van der Waals surface area contributed by atoms with E-state index in [1.807, 2.05) is 13.8 Å². The highest BCUT2D eigenvalue weighted by Crippen LogP contribution is 2.35. The minimum absolute atomic E-state index is 0.00821. The van der Waals surface area contributed by atoms with Crippen LogP contribution in [0.3, 0.4) is 0 Å². The van der Waals surface area contributed by atoms with E-state index in [0.717, 1.165) is 0 Å². The molecule has 0 aromatic heterocycles. The van der Waals surface area contributed by atoms with Gasteiger partial charge in [-0.15, -0.1) is 0 Å². The number of likely N-dealkylation sites (tertiary alicyclic amines) is 1. The van der Waals surface area contributed by atoms with Crippen LogP contribution in [0.25, 0.3) is 0 Å². The second-order valence-electron chi connectivity index (χ2n) is 4.87. The Hall–Kier alpha value is -1.13. The minimum Gasteiger partial charge on any atom is -0.331 e. The number of carbonyl (C=O) groups is 1. The average molecular weight is 271 g/mol. The Balaban J connectivity index is 2.43. The molecule has 0 bridgehead atoms. The average Bonchev–Trinajstić information content (AvgIpc) is 2.53. The Morgan fingerprint density at radius 3 is 2.72 bits per heavy atom. The number of benzene rings is 1. The second-order valence-corrected chi connectivity index (χ2v) is 5.31. The van der Waals surface area contributed by atoms with Gasteiger partial charge in [-0.3, -0.25) is 4.79 Å².